The number of hydrogen-bond acceptors (Lipinski definition) is 5. The minimum absolute atomic E-state index is 0. The van der Waals surface area contributed by atoms with Crippen molar-refractivity contribution in [2.75, 3.05) is 12.4 Å². The maximum Gasteiger partial charge on any atom is 1.00 e. The first-order valence-corrected chi connectivity index (χ1v) is 6.14. The van der Waals surface area contributed by atoms with Crippen molar-refractivity contribution in [1.82, 2.24) is 0 Å². The zero-order chi connectivity index (χ0) is 11.2. The van der Waals surface area contributed by atoms with Crippen LogP contribution < -0.4 is 51.4 Å². The van der Waals surface area contributed by atoms with Gasteiger partial charge in [-0.2, -0.15) is 0 Å². The van der Waals surface area contributed by atoms with Crippen LogP contribution in [0.5, 0.6) is 0 Å². The average Bonchev–Trinajstić information content (AvgIpc) is 2.09. The number of carbonyl (C=O) groups excluding carboxylic acids is 1. The standard InChI is InChI=1S/C8H18O5S.K/c1-3-7(2)8(9)13-5-4-6-14(10,11)12;/h7,10-12H,3-6H2,1-2H3;/q;+1/p-1. The van der Waals surface area contributed by atoms with Crippen molar-refractivity contribution in [2.24, 2.45) is 5.92 Å². The molecule has 2 N–H and O–H groups in total. The fourth-order valence-corrected chi connectivity index (χ4v) is 1.22. The third kappa shape index (κ3) is 11.6. The van der Waals surface area contributed by atoms with Crippen LogP contribution in [0.4, 0.5) is 0 Å². The van der Waals surface area contributed by atoms with Crippen LogP contribution in [0.3, 0.4) is 0 Å². The molecule has 15 heavy (non-hydrogen) atoms. The van der Waals surface area contributed by atoms with Gasteiger partial charge in [-0.3, -0.25) is 4.79 Å². The van der Waals surface area contributed by atoms with Gasteiger partial charge >= 0.3 is 57.4 Å². The minimum Gasteiger partial charge on any atom is -0.773 e. The summed E-state index contributed by atoms with van der Waals surface area (Å²) in [7, 11) is -3.69. The van der Waals surface area contributed by atoms with E-state index in [1.54, 1.807) is 6.92 Å². The molecule has 1 unspecified atom stereocenters. The van der Waals surface area contributed by atoms with Crippen LogP contribution in [0.2, 0.25) is 0 Å². The maximum absolute atomic E-state index is 11.1. The Morgan fingerprint density at radius 1 is 1.53 bits per heavy atom. The molecule has 5 nitrogen and oxygen atoms in total. The molecule has 0 rings (SSSR count). The normalized spacial score (nSPS) is 13.9. The molecule has 0 saturated heterocycles. The Bertz CT molecular complexity index is 182. The topological polar surface area (TPSA) is 89.8 Å². The van der Waals surface area contributed by atoms with Gasteiger partial charge in [-0.1, -0.05) is 13.8 Å². The number of carbonyl (C=O) groups is 1. The molecule has 0 heterocycles. The summed E-state index contributed by atoms with van der Waals surface area (Å²) in [5.74, 6) is -0.724. The number of esters is 1. The monoisotopic (exact) mass is 264 g/mol. The Kier molecular flexibility index (Phi) is 11.7. The first-order chi connectivity index (χ1) is 6.37. The second-order valence-electron chi connectivity index (χ2n) is 3.14. The van der Waals surface area contributed by atoms with Gasteiger partial charge in [0.05, 0.1) is 12.5 Å². The SMILES string of the molecule is CCC(C)C(=O)OCCCS([O-])(O)O.[K+]. The smallest absolute Gasteiger partial charge is 0.773 e. The summed E-state index contributed by atoms with van der Waals surface area (Å²) in [6, 6.07) is 0. The van der Waals surface area contributed by atoms with Crippen LogP contribution in [-0.2, 0) is 9.53 Å². The number of hydrogen-bond donors (Lipinski definition) is 2. The summed E-state index contributed by atoms with van der Waals surface area (Å²) >= 11 is 0. The van der Waals surface area contributed by atoms with Gasteiger partial charge in [-0.25, -0.2) is 0 Å². The third-order valence-electron chi connectivity index (χ3n) is 1.81. The first kappa shape index (κ1) is 18.7. The van der Waals surface area contributed by atoms with Crippen LogP contribution in [0.15, 0.2) is 0 Å². The van der Waals surface area contributed by atoms with Crippen LogP contribution in [-0.4, -0.2) is 32.0 Å². The van der Waals surface area contributed by atoms with Gasteiger partial charge in [0.2, 0.25) is 0 Å². The summed E-state index contributed by atoms with van der Waals surface area (Å²) in [5, 5.41) is 0. The second kappa shape index (κ2) is 9.38. The van der Waals surface area contributed by atoms with Crippen molar-refractivity contribution in [2.45, 2.75) is 26.7 Å². The van der Waals surface area contributed by atoms with E-state index in [1.807, 2.05) is 6.92 Å². The van der Waals surface area contributed by atoms with E-state index in [2.05, 4.69) is 0 Å². The average molecular weight is 264 g/mol. The van der Waals surface area contributed by atoms with Crippen molar-refractivity contribution in [1.29, 1.82) is 0 Å². The molecule has 0 amide bonds. The van der Waals surface area contributed by atoms with E-state index in [1.165, 1.54) is 0 Å². The van der Waals surface area contributed by atoms with E-state index in [0.29, 0.717) is 6.42 Å². The van der Waals surface area contributed by atoms with Crippen molar-refractivity contribution in [3.63, 3.8) is 0 Å². The zero-order valence-electron chi connectivity index (χ0n) is 9.43. The summed E-state index contributed by atoms with van der Waals surface area (Å²) in [6.45, 7) is 3.70. The van der Waals surface area contributed by atoms with Crippen molar-refractivity contribution in [3.05, 3.63) is 0 Å². The van der Waals surface area contributed by atoms with Gasteiger partial charge in [0.15, 0.2) is 0 Å². The zero-order valence-corrected chi connectivity index (χ0v) is 13.4. The van der Waals surface area contributed by atoms with Gasteiger partial charge in [0.25, 0.3) is 0 Å². The quantitative estimate of drug-likeness (QED) is 0.359. The first-order valence-electron chi connectivity index (χ1n) is 4.50. The minimum atomic E-state index is -3.69. The molecule has 0 radical (unpaired) electrons. The van der Waals surface area contributed by atoms with Gasteiger partial charge in [0, 0.05) is 5.75 Å². The van der Waals surface area contributed by atoms with E-state index in [4.69, 9.17) is 13.8 Å². The second-order valence-corrected chi connectivity index (χ2v) is 4.76. The molecule has 0 aromatic carbocycles. The molecule has 0 aromatic rings. The predicted octanol–water partition coefficient (Wildman–Crippen LogP) is -1.15. The number of rotatable bonds is 6. The summed E-state index contributed by atoms with van der Waals surface area (Å²) in [5.41, 5.74) is 0. The van der Waals surface area contributed by atoms with Crippen LogP contribution >= 0.6 is 10.9 Å². The Morgan fingerprint density at radius 2 is 2.07 bits per heavy atom. The molecule has 7 heteroatoms. The van der Waals surface area contributed by atoms with E-state index in [-0.39, 0.29) is 82.1 Å². The van der Waals surface area contributed by atoms with Crippen molar-refractivity contribution >= 4 is 16.8 Å². The van der Waals surface area contributed by atoms with Crippen LogP contribution in [0, 0.1) is 5.92 Å². The van der Waals surface area contributed by atoms with Gasteiger partial charge in [-0.05, 0) is 12.8 Å². The van der Waals surface area contributed by atoms with E-state index >= 15 is 0 Å². The Morgan fingerprint density at radius 3 is 2.47 bits per heavy atom. The number of ether oxygens (including phenoxy) is 1. The van der Waals surface area contributed by atoms with E-state index < -0.39 is 10.9 Å². The molecule has 1 atom stereocenters. The third-order valence-corrected chi connectivity index (χ3v) is 2.63. The van der Waals surface area contributed by atoms with Gasteiger partial charge in [-0.15, -0.1) is 10.9 Å². The molecule has 0 spiro atoms. The Balaban J connectivity index is 0. The Hall–Kier alpha value is 1.34. The fourth-order valence-electron chi connectivity index (χ4n) is 0.729. The summed E-state index contributed by atoms with van der Waals surface area (Å²) in [4.78, 5) is 11.1. The van der Waals surface area contributed by atoms with Gasteiger partial charge < -0.3 is 18.4 Å². The molecule has 0 bridgehead atoms. The van der Waals surface area contributed by atoms with Crippen molar-refractivity contribution in [3.8, 4) is 0 Å². The maximum atomic E-state index is 11.1. The molecule has 0 aromatic heterocycles. The molecule has 0 aliphatic carbocycles. The fraction of sp³-hybridized carbons (Fsp3) is 0.875. The predicted molar refractivity (Wildman–Crippen MR) is 53.5 cm³/mol. The van der Waals surface area contributed by atoms with E-state index in [0.717, 1.165) is 0 Å². The molecule has 0 saturated carbocycles. The van der Waals surface area contributed by atoms with Gasteiger partial charge in [0.1, 0.15) is 0 Å². The largest absolute Gasteiger partial charge is 1.00 e. The Labute approximate surface area is 135 Å². The summed E-state index contributed by atoms with van der Waals surface area (Å²) in [6.07, 6.45) is 0.892. The molecule has 0 aliphatic rings. The molecule has 0 fully saturated rings. The molecular formula is C8H17KO5S. The van der Waals surface area contributed by atoms with Crippen molar-refractivity contribution < 1.29 is 74.6 Å². The molecular weight excluding hydrogens is 247 g/mol. The van der Waals surface area contributed by atoms with Crippen LogP contribution in [0.25, 0.3) is 0 Å². The summed E-state index contributed by atoms with van der Waals surface area (Å²) < 4.78 is 32.2. The molecule has 86 valence electrons. The van der Waals surface area contributed by atoms with Crippen LogP contribution in [0.1, 0.15) is 26.7 Å². The molecule has 0 aliphatic heterocycles. The van der Waals surface area contributed by atoms with E-state index in [9.17, 15) is 9.35 Å².